The molecule has 31 heavy (non-hydrogen) atoms. The largest absolute Gasteiger partial charge is 0.375 e. The van der Waals surface area contributed by atoms with Crippen molar-refractivity contribution in [1.29, 1.82) is 0 Å². The third kappa shape index (κ3) is 4.76. The van der Waals surface area contributed by atoms with Gasteiger partial charge >= 0.3 is 0 Å². The number of halogens is 1. The van der Waals surface area contributed by atoms with Crippen molar-refractivity contribution in [1.82, 2.24) is 19.9 Å². The molecular weight excluding hydrogens is 393 g/mol. The van der Waals surface area contributed by atoms with Crippen LogP contribution in [0.1, 0.15) is 37.1 Å². The van der Waals surface area contributed by atoms with E-state index in [4.69, 9.17) is 0 Å². The van der Waals surface area contributed by atoms with Gasteiger partial charge in [0.25, 0.3) is 0 Å². The van der Waals surface area contributed by atoms with Crippen molar-refractivity contribution in [3.05, 3.63) is 66.1 Å². The molecule has 4 rings (SSSR count). The fourth-order valence-corrected chi connectivity index (χ4v) is 3.70. The molecule has 3 N–H and O–H groups in total. The summed E-state index contributed by atoms with van der Waals surface area (Å²) in [5, 5.41) is 14.3. The molecule has 1 aliphatic rings. The van der Waals surface area contributed by atoms with Crippen molar-refractivity contribution >= 4 is 16.9 Å². The minimum absolute atomic E-state index is 0.176. The number of H-pyrrole nitrogens is 1. The summed E-state index contributed by atoms with van der Waals surface area (Å²) in [5.41, 5.74) is 1.50. The molecule has 2 aromatic heterocycles. The van der Waals surface area contributed by atoms with E-state index in [1.807, 2.05) is 23.1 Å². The van der Waals surface area contributed by atoms with Crippen LogP contribution in [0.4, 0.5) is 10.2 Å². The van der Waals surface area contributed by atoms with Crippen molar-refractivity contribution in [2.75, 3.05) is 18.4 Å². The Morgan fingerprint density at radius 2 is 2.10 bits per heavy atom. The van der Waals surface area contributed by atoms with Crippen LogP contribution >= 0.6 is 0 Å². The molecule has 1 saturated heterocycles. The Balaban J connectivity index is 1.51. The molecule has 2 atom stereocenters. The second-order valence-corrected chi connectivity index (χ2v) is 8.24. The van der Waals surface area contributed by atoms with Gasteiger partial charge < -0.3 is 15.4 Å². The molecule has 1 aromatic carbocycles. The zero-order valence-electron chi connectivity index (χ0n) is 17.7. The fraction of sp³-hybridized carbons (Fsp3) is 0.333. The van der Waals surface area contributed by atoms with E-state index < -0.39 is 11.9 Å². The predicted octanol–water partition coefficient (Wildman–Crippen LogP) is 3.55. The van der Waals surface area contributed by atoms with Gasteiger partial charge in [-0.25, -0.2) is 14.4 Å². The number of aromatic nitrogens is 3. The van der Waals surface area contributed by atoms with E-state index >= 15 is 0 Å². The molecule has 7 heteroatoms. The second-order valence-electron chi connectivity index (χ2n) is 8.24. The summed E-state index contributed by atoms with van der Waals surface area (Å²) in [4.78, 5) is 13.9. The topological polar surface area (TPSA) is 77.1 Å². The lowest BCUT2D eigenvalue weighted by molar-refractivity contribution is 0.0610. The number of alkyl halides is 1. The highest BCUT2D eigenvalue weighted by atomic mass is 19.1. The number of hydrogen-bond donors (Lipinski definition) is 3. The number of fused-ring (bicyclic) bond motifs is 1. The molecule has 160 valence electrons. The van der Waals surface area contributed by atoms with Gasteiger partial charge in [0.1, 0.15) is 29.7 Å². The molecule has 0 amide bonds. The van der Waals surface area contributed by atoms with Crippen LogP contribution in [0.2, 0.25) is 0 Å². The maximum absolute atomic E-state index is 14.0. The highest BCUT2D eigenvalue weighted by Crippen LogP contribution is 2.25. The summed E-state index contributed by atoms with van der Waals surface area (Å²) in [6.07, 6.45) is 3.32. The molecule has 0 bridgehead atoms. The van der Waals surface area contributed by atoms with Crippen LogP contribution in [0.3, 0.4) is 0 Å². The van der Waals surface area contributed by atoms with Crippen LogP contribution in [0, 0.1) is 11.8 Å². The van der Waals surface area contributed by atoms with Gasteiger partial charge in [-0.3, -0.25) is 4.90 Å². The monoisotopic (exact) mass is 419 g/mol. The van der Waals surface area contributed by atoms with E-state index in [9.17, 15) is 9.50 Å². The first-order chi connectivity index (χ1) is 14.8. The van der Waals surface area contributed by atoms with Crippen LogP contribution in [-0.4, -0.2) is 50.3 Å². The average Bonchev–Trinajstić information content (AvgIpc) is 3.39. The first kappa shape index (κ1) is 21.0. The molecule has 0 aliphatic carbocycles. The van der Waals surface area contributed by atoms with Gasteiger partial charge in [0.2, 0.25) is 0 Å². The zero-order valence-corrected chi connectivity index (χ0v) is 17.7. The summed E-state index contributed by atoms with van der Waals surface area (Å²) >= 11 is 0. The number of nitrogens with zero attached hydrogens (tertiary/aromatic N) is 3. The lowest BCUT2D eigenvalue weighted by Gasteiger charge is -2.20. The lowest BCUT2D eigenvalue weighted by Crippen LogP contribution is -2.33. The molecule has 3 aromatic rings. The highest BCUT2D eigenvalue weighted by molar-refractivity contribution is 5.88. The van der Waals surface area contributed by atoms with E-state index in [-0.39, 0.29) is 6.04 Å². The first-order valence-corrected chi connectivity index (χ1v) is 10.3. The zero-order chi connectivity index (χ0) is 22.0. The number of hydrogen-bond acceptors (Lipinski definition) is 5. The van der Waals surface area contributed by atoms with Crippen LogP contribution in [0.15, 0.2) is 49.3 Å². The SMILES string of the molecule is C=CC(O)N1CCC(Nc2ncnc3[nH]c(C#Cc4ccc(C(C)(C)F)cc4)cc23)C1. The Hall–Kier alpha value is -3.21. The number of benzene rings is 1. The Kier molecular flexibility index (Phi) is 5.77. The summed E-state index contributed by atoms with van der Waals surface area (Å²) in [6.45, 7) is 8.22. The molecule has 6 nitrogen and oxygen atoms in total. The van der Waals surface area contributed by atoms with E-state index in [1.165, 1.54) is 26.3 Å². The van der Waals surface area contributed by atoms with Crippen LogP contribution < -0.4 is 5.32 Å². The van der Waals surface area contributed by atoms with Crippen molar-refractivity contribution in [2.45, 2.75) is 38.2 Å². The second kappa shape index (κ2) is 8.50. The normalized spacial score (nSPS) is 17.9. The minimum Gasteiger partial charge on any atom is -0.375 e. The highest BCUT2D eigenvalue weighted by Gasteiger charge is 2.26. The van der Waals surface area contributed by atoms with Crippen LogP contribution in [-0.2, 0) is 5.67 Å². The lowest BCUT2D eigenvalue weighted by atomic mass is 9.99. The van der Waals surface area contributed by atoms with Crippen molar-refractivity contribution in [3.63, 3.8) is 0 Å². The summed E-state index contributed by atoms with van der Waals surface area (Å²) in [6, 6.07) is 9.27. The maximum atomic E-state index is 14.0. The van der Waals surface area contributed by atoms with Crippen LogP contribution in [0.25, 0.3) is 11.0 Å². The van der Waals surface area contributed by atoms with Gasteiger partial charge in [0.15, 0.2) is 0 Å². The first-order valence-electron chi connectivity index (χ1n) is 10.3. The Bertz CT molecular complexity index is 1140. The summed E-state index contributed by atoms with van der Waals surface area (Å²) in [5.74, 6) is 6.95. The molecule has 1 fully saturated rings. The van der Waals surface area contributed by atoms with Crippen molar-refractivity contribution < 1.29 is 9.50 Å². The fourth-order valence-electron chi connectivity index (χ4n) is 3.70. The third-order valence-corrected chi connectivity index (χ3v) is 5.48. The molecule has 1 aliphatic heterocycles. The van der Waals surface area contributed by atoms with E-state index in [1.54, 1.807) is 12.1 Å². The molecule has 0 spiro atoms. The van der Waals surface area contributed by atoms with Gasteiger partial charge in [0.05, 0.1) is 11.1 Å². The van der Waals surface area contributed by atoms with Gasteiger partial charge in [-0.15, -0.1) is 0 Å². The minimum atomic E-state index is -1.37. The van der Waals surface area contributed by atoms with Gasteiger partial charge in [-0.05, 0) is 56.0 Å². The number of likely N-dealkylation sites (tertiary alicyclic amines) is 1. The molecule has 0 saturated carbocycles. The number of aromatic amines is 1. The van der Waals surface area contributed by atoms with Gasteiger partial charge in [0, 0.05) is 24.7 Å². The van der Waals surface area contributed by atoms with E-state index in [2.05, 4.69) is 38.7 Å². The molecule has 3 heterocycles. The van der Waals surface area contributed by atoms with Gasteiger partial charge in [-0.2, -0.15) is 0 Å². The summed E-state index contributed by atoms with van der Waals surface area (Å²) < 4.78 is 14.0. The Morgan fingerprint density at radius 3 is 2.81 bits per heavy atom. The quantitative estimate of drug-likeness (QED) is 0.436. The predicted molar refractivity (Wildman–Crippen MR) is 120 cm³/mol. The smallest absolute Gasteiger partial charge is 0.143 e. The van der Waals surface area contributed by atoms with Crippen molar-refractivity contribution in [2.24, 2.45) is 0 Å². The number of aliphatic hydroxyl groups is 1. The average molecular weight is 420 g/mol. The number of aliphatic hydroxyl groups excluding tert-OH is 1. The Labute approximate surface area is 181 Å². The van der Waals surface area contributed by atoms with E-state index in [0.717, 1.165) is 35.4 Å². The Morgan fingerprint density at radius 1 is 1.32 bits per heavy atom. The van der Waals surface area contributed by atoms with Crippen LogP contribution in [0.5, 0.6) is 0 Å². The standard InChI is InChI=1S/C24H26FN5O/c1-4-21(31)30-12-11-19(14-30)29-23-20-13-18(28-22(20)26-15-27-23)10-7-16-5-8-17(9-6-16)24(2,3)25/h4-6,8-9,13,15,19,21,31H,1,11-12,14H2,2-3H3,(H2,26,27,28,29). The third-order valence-electron chi connectivity index (χ3n) is 5.48. The number of rotatable bonds is 5. The van der Waals surface area contributed by atoms with Gasteiger partial charge in [-0.1, -0.05) is 24.6 Å². The summed E-state index contributed by atoms with van der Waals surface area (Å²) in [7, 11) is 0. The maximum Gasteiger partial charge on any atom is 0.143 e. The van der Waals surface area contributed by atoms with Crippen molar-refractivity contribution in [3.8, 4) is 11.8 Å². The molecular formula is C24H26FN5O. The number of anilines is 1. The number of nitrogens with one attached hydrogen (secondary N) is 2. The molecule has 2 unspecified atom stereocenters. The molecule has 0 radical (unpaired) electrons. The van der Waals surface area contributed by atoms with E-state index in [0.29, 0.717) is 17.8 Å².